The first kappa shape index (κ1) is 20.5. The van der Waals surface area contributed by atoms with E-state index in [1.165, 1.54) is 6.07 Å². The molecule has 2 aromatic carbocycles. The highest BCUT2D eigenvalue weighted by atomic mass is 35.5. The summed E-state index contributed by atoms with van der Waals surface area (Å²) in [7, 11) is 0. The lowest BCUT2D eigenvalue weighted by Gasteiger charge is -2.12. The Morgan fingerprint density at radius 1 is 1.07 bits per heavy atom. The second-order valence-corrected chi connectivity index (χ2v) is 6.58. The first-order chi connectivity index (χ1) is 13.7. The van der Waals surface area contributed by atoms with Crippen LogP contribution in [0.3, 0.4) is 0 Å². The van der Waals surface area contributed by atoms with E-state index in [4.69, 9.17) is 17.3 Å². The van der Waals surface area contributed by atoms with E-state index >= 15 is 0 Å². The zero-order chi connectivity index (χ0) is 21.0. The number of halogens is 4. The molecule has 3 aromatic rings. The predicted molar refractivity (Wildman–Crippen MR) is 106 cm³/mol. The standard InChI is InChI=1S/C20H16ClF3N4O/c21-17-6-5-15(9-16(17)20(22,23)24)28-19(29)27-10-12-2-1-3-13(8-12)14-4-7-18(25)26-11-14/h1-9,11H,10H2,(H2,25,26)(H2,27,28,29). The smallest absolute Gasteiger partial charge is 0.384 e. The van der Waals surface area contributed by atoms with E-state index in [1.54, 1.807) is 12.3 Å². The van der Waals surface area contributed by atoms with Crippen molar-refractivity contribution in [3.63, 3.8) is 0 Å². The van der Waals surface area contributed by atoms with Gasteiger partial charge in [0, 0.05) is 24.0 Å². The highest BCUT2D eigenvalue weighted by molar-refractivity contribution is 6.31. The van der Waals surface area contributed by atoms with E-state index in [0.717, 1.165) is 28.8 Å². The van der Waals surface area contributed by atoms with Crippen molar-refractivity contribution in [2.75, 3.05) is 11.1 Å². The third-order valence-corrected chi connectivity index (χ3v) is 4.36. The number of hydrogen-bond acceptors (Lipinski definition) is 3. The van der Waals surface area contributed by atoms with Crippen LogP contribution in [-0.4, -0.2) is 11.0 Å². The Morgan fingerprint density at radius 3 is 2.55 bits per heavy atom. The third-order valence-electron chi connectivity index (χ3n) is 4.03. The predicted octanol–water partition coefficient (Wildman–Crippen LogP) is 5.32. The van der Waals surface area contributed by atoms with E-state index in [2.05, 4.69) is 15.6 Å². The van der Waals surface area contributed by atoms with Gasteiger partial charge in [-0.25, -0.2) is 9.78 Å². The summed E-state index contributed by atoms with van der Waals surface area (Å²) < 4.78 is 38.7. The SMILES string of the molecule is Nc1ccc(-c2cccc(CNC(=O)Nc3ccc(Cl)c(C(F)(F)F)c3)c2)cn1. The fourth-order valence-electron chi connectivity index (χ4n) is 2.61. The maximum atomic E-state index is 12.9. The van der Waals surface area contributed by atoms with Gasteiger partial charge in [-0.1, -0.05) is 29.8 Å². The number of amides is 2. The second-order valence-electron chi connectivity index (χ2n) is 6.17. The first-order valence-corrected chi connectivity index (χ1v) is 8.82. The number of anilines is 2. The zero-order valence-electron chi connectivity index (χ0n) is 14.9. The molecular weight excluding hydrogens is 405 g/mol. The number of alkyl halides is 3. The van der Waals surface area contributed by atoms with Crippen LogP contribution in [0.5, 0.6) is 0 Å². The molecule has 150 valence electrons. The molecule has 0 radical (unpaired) electrons. The molecule has 1 aromatic heterocycles. The Kier molecular flexibility index (Phi) is 5.93. The maximum Gasteiger partial charge on any atom is 0.417 e. The van der Waals surface area contributed by atoms with E-state index in [0.29, 0.717) is 5.82 Å². The summed E-state index contributed by atoms with van der Waals surface area (Å²) in [4.78, 5) is 16.1. The van der Waals surface area contributed by atoms with Gasteiger partial charge in [0.15, 0.2) is 0 Å². The molecule has 9 heteroatoms. The fourth-order valence-corrected chi connectivity index (χ4v) is 2.84. The normalized spacial score (nSPS) is 11.2. The maximum absolute atomic E-state index is 12.9. The van der Waals surface area contributed by atoms with Gasteiger partial charge >= 0.3 is 12.2 Å². The number of nitrogens with one attached hydrogen (secondary N) is 2. The molecule has 0 bridgehead atoms. The van der Waals surface area contributed by atoms with Gasteiger partial charge in [0.1, 0.15) is 5.82 Å². The molecule has 0 atom stereocenters. The summed E-state index contributed by atoms with van der Waals surface area (Å²) in [5, 5.41) is 4.55. The van der Waals surface area contributed by atoms with Crippen molar-refractivity contribution >= 4 is 29.1 Å². The molecule has 2 amide bonds. The van der Waals surface area contributed by atoms with Crippen molar-refractivity contribution in [1.82, 2.24) is 10.3 Å². The van der Waals surface area contributed by atoms with Crippen molar-refractivity contribution in [3.05, 3.63) is 76.9 Å². The first-order valence-electron chi connectivity index (χ1n) is 8.45. The van der Waals surface area contributed by atoms with Crippen molar-refractivity contribution < 1.29 is 18.0 Å². The Morgan fingerprint density at radius 2 is 1.86 bits per heavy atom. The molecule has 3 rings (SSSR count). The molecule has 4 N–H and O–H groups in total. The van der Waals surface area contributed by atoms with E-state index < -0.39 is 22.8 Å². The minimum Gasteiger partial charge on any atom is -0.384 e. The summed E-state index contributed by atoms with van der Waals surface area (Å²) in [6.07, 6.45) is -2.96. The number of benzene rings is 2. The lowest BCUT2D eigenvalue weighted by molar-refractivity contribution is -0.137. The van der Waals surface area contributed by atoms with Gasteiger partial charge in [0.2, 0.25) is 0 Å². The van der Waals surface area contributed by atoms with Crippen LogP contribution in [-0.2, 0) is 12.7 Å². The lowest BCUT2D eigenvalue weighted by atomic mass is 10.0. The van der Waals surface area contributed by atoms with Crippen LogP contribution < -0.4 is 16.4 Å². The van der Waals surface area contributed by atoms with Crippen LogP contribution in [0.15, 0.2) is 60.8 Å². The minimum atomic E-state index is -4.61. The number of urea groups is 1. The Hall–Kier alpha value is -3.26. The number of hydrogen-bond donors (Lipinski definition) is 3. The highest BCUT2D eigenvalue weighted by Gasteiger charge is 2.33. The number of nitrogens with zero attached hydrogens (tertiary/aromatic N) is 1. The van der Waals surface area contributed by atoms with Crippen molar-refractivity contribution in [3.8, 4) is 11.1 Å². The van der Waals surface area contributed by atoms with E-state index in [9.17, 15) is 18.0 Å². The third kappa shape index (κ3) is 5.39. The number of carbonyl (C=O) groups excluding carboxylic acids is 1. The molecule has 0 spiro atoms. The highest BCUT2D eigenvalue weighted by Crippen LogP contribution is 2.36. The molecule has 0 saturated carbocycles. The van der Waals surface area contributed by atoms with Gasteiger partial charge in [0.25, 0.3) is 0 Å². The van der Waals surface area contributed by atoms with E-state index in [1.807, 2.05) is 30.3 Å². The van der Waals surface area contributed by atoms with Crippen LogP contribution in [0.4, 0.5) is 29.5 Å². The Bertz CT molecular complexity index is 1020. The van der Waals surface area contributed by atoms with Crippen LogP contribution in [0.2, 0.25) is 5.02 Å². The number of nitrogens with two attached hydrogens (primary N) is 1. The minimum absolute atomic E-state index is 0.0130. The number of nitrogen functional groups attached to an aromatic ring is 1. The zero-order valence-corrected chi connectivity index (χ0v) is 15.7. The monoisotopic (exact) mass is 420 g/mol. The average Bonchev–Trinajstić information content (AvgIpc) is 2.68. The Balaban J connectivity index is 1.64. The fraction of sp³-hybridized carbons (Fsp3) is 0.100. The van der Waals surface area contributed by atoms with Crippen molar-refractivity contribution in [2.24, 2.45) is 0 Å². The van der Waals surface area contributed by atoms with Gasteiger partial charge in [-0.05, 0) is 47.5 Å². The van der Waals surface area contributed by atoms with Gasteiger partial charge < -0.3 is 16.4 Å². The van der Waals surface area contributed by atoms with Crippen LogP contribution >= 0.6 is 11.6 Å². The molecule has 0 aliphatic rings. The summed E-state index contributed by atoms with van der Waals surface area (Å²) in [6, 6.07) is 13.5. The average molecular weight is 421 g/mol. The molecule has 5 nitrogen and oxygen atoms in total. The molecule has 0 fully saturated rings. The Labute approximate surface area is 169 Å². The summed E-state index contributed by atoms with van der Waals surface area (Å²) >= 11 is 5.57. The van der Waals surface area contributed by atoms with Crippen molar-refractivity contribution in [1.29, 1.82) is 0 Å². The number of carbonyl (C=O) groups is 1. The molecule has 0 aliphatic carbocycles. The quantitative estimate of drug-likeness (QED) is 0.534. The van der Waals surface area contributed by atoms with Gasteiger partial charge in [-0.15, -0.1) is 0 Å². The van der Waals surface area contributed by atoms with Crippen LogP contribution in [0.1, 0.15) is 11.1 Å². The van der Waals surface area contributed by atoms with Gasteiger partial charge in [-0.3, -0.25) is 0 Å². The van der Waals surface area contributed by atoms with Crippen LogP contribution in [0, 0.1) is 0 Å². The summed E-state index contributed by atoms with van der Waals surface area (Å²) in [5.41, 5.74) is 7.13. The second kappa shape index (κ2) is 8.40. The van der Waals surface area contributed by atoms with Gasteiger partial charge in [0.05, 0.1) is 10.6 Å². The topological polar surface area (TPSA) is 80.0 Å². The summed E-state index contributed by atoms with van der Waals surface area (Å²) in [6.45, 7) is 0.182. The molecule has 0 aliphatic heterocycles. The summed E-state index contributed by atoms with van der Waals surface area (Å²) in [5.74, 6) is 0.416. The lowest BCUT2D eigenvalue weighted by Crippen LogP contribution is -2.28. The van der Waals surface area contributed by atoms with E-state index in [-0.39, 0.29) is 12.2 Å². The molecule has 1 heterocycles. The van der Waals surface area contributed by atoms with Crippen LogP contribution in [0.25, 0.3) is 11.1 Å². The number of pyridine rings is 1. The van der Waals surface area contributed by atoms with Gasteiger partial charge in [-0.2, -0.15) is 13.2 Å². The molecule has 0 saturated heterocycles. The largest absolute Gasteiger partial charge is 0.417 e. The number of aromatic nitrogens is 1. The van der Waals surface area contributed by atoms with Crippen molar-refractivity contribution in [2.45, 2.75) is 12.7 Å². The number of rotatable bonds is 4. The molecular formula is C20H16ClF3N4O. The molecule has 0 unspecified atom stereocenters. The molecule has 29 heavy (non-hydrogen) atoms.